The maximum atomic E-state index is 6.02. The van der Waals surface area contributed by atoms with Crippen LogP contribution in [0.5, 0.6) is 0 Å². The molecule has 0 aliphatic carbocycles. The van der Waals surface area contributed by atoms with E-state index in [-0.39, 0.29) is 6.04 Å². The summed E-state index contributed by atoms with van der Waals surface area (Å²) in [5.74, 6) is 0. The molecule has 82 valence electrons. The Bertz CT molecular complexity index is 285. The molecule has 4 heteroatoms. The van der Waals surface area contributed by atoms with E-state index in [9.17, 15) is 0 Å². The molecule has 0 amide bonds. The Morgan fingerprint density at radius 3 is 3.13 bits per heavy atom. The molecule has 1 aromatic rings. The number of nitrogens with two attached hydrogens (primary N) is 1. The first-order chi connectivity index (χ1) is 7.36. The van der Waals surface area contributed by atoms with Gasteiger partial charge in [-0.15, -0.1) is 0 Å². The predicted octanol–water partition coefficient (Wildman–Crippen LogP) is 1.44. The Labute approximate surface area is 89.9 Å². The van der Waals surface area contributed by atoms with Gasteiger partial charge in [0, 0.05) is 31.2 Å². The van der Waals surface area contributed by atoms with Gasteiger partial charge in [0.05, 0.1) is 11.8 Å². The lowest BCUT2D eigenvalue weighted by molar-refractivity contribution is 0.101. The van der Waals surface area contributed by atoms with Crippen molar-refractivity contribution in [2.75, 3.05) is 6.61 Å². The van der Waals surface area contributed by atoms with Crippen LogP contribution >= 0.6 is 0 Å². The molecule has 2 heterocycles. The number of ether oxygens (including phenoxy) is 1. The van der Waals surface area contributed by atoms with Gasteiger partial charge in [-0.25, -0.2) is 0 Å². The molecule has 0 spiro atoms. The summed E-state index contributed by atoms with van der Waals surface area (Å²) in [5, 5.41) is 0. The first-order valence-electron chi connectivity index (χ1n) is 5.49. The fourth-order valence-corrected chi connectivity index (χ4v) is 1.89. The summed E-state index contributed by atoms with van der Waals surface area (Å²) in [5.41, 5.74) is 6.89. The average molecular weight is 207 g/mol. The van der Waals surface area contributed by atoms with Crippen molar-refractivity contribution in [3.05, 3.63) is 24.3 Å². The van der Waals surface area contributed by atoms with E-state index in [1.807, 2.05) is 0 Å². The highest BCUT2D eigenvalue weighted by atomic mass is 16.5. The van der Waals surface area contributed by atoms with Crippen LogP contribution in [0.25, 0.3) is 0 Å². The molecule has 0 bridgehead atoms. The van der Waals surface area contributed by atoms with Gasteiger partial charge in [-0.1, -0.05) is 0 Å². The van der Waals surface area contributed by atoms with Crippen molar-refractivity contribution in [3.63, 3.8) is 0 Å². The number of nitrogens with zero attached hydrogens (tertiary/aromatic N) is 2. The number of aromatic nitrogens is 2. The second-order valence-electron chi connectivity index (χ2n) is 3.95. The number of hydrogen-bond acceptors (Lipinski definition) is 4. The average Bonchev–Trinajstić information content (AvgIpc) is 2.80. The fourth-order valence-electron chi connectivity index (χ4n) is 1.89. The lowest BCUT2D eigenvalue weighted by atomic mass is 10.0. The van der Waals surface area contributed by atoms with Crippen LogP contribution in [0.4, 0.5) is 0 Å². The molecule has 1 aliphatic rings. The van der Waals surface area contributed by atoms with E-state index >= 15 is 0 Å². The molecule has 0 radical (unpaired) electrons. The first kappa shape index (κ1) is 10.5. The number of rotatable bonds is 4. The Morgan fingerprint density at radius 2 is 2.47 bits per heavy atom. The summed E-state index contributed by atoms with van der Waals surface area (Å²) < 4.78 is 5.55. The smallest absolute Gasteiger partial charge is 0.0753 e. The normalized spacial score (nSPS) is 22.9. The fraction of sp³-hybridized carbons (Fsp3) is 0.636. The van der Waals surface area contributed by atoms with Crippen molar-refractivity contribution >= 4 is 0 Å². The van der Waals surface area contributed by atoms with E-state index in [1.54, 1.807) is 18.6 Å². The van der Waals surface area contributed by atoms with Gasteiger partial charge in [-0.2, -0.15) is 0 Å². The van der Waals surface area contributed by atoms with Crippen molar-refractivity contribution in [1.29, 1.82) is 0 Å². The van der Waals surface area contributed by atoms with Gasteiger partial charge in [0.2, 0.25) is 0 Å². The van der Waals surface area contributed by atoms with Gasteiger partial charge in [0.25, 0.3) is 0 Å². The predicted molar refractivity (Wildman–Crippen MR) is 57.2 cm³/mol. The van der Waals surface area contributed by atoms with Crippen LogP contribution in [-0.4, -0.2) is 22.7 Å². The molecule has 2 N–H and O–H groups in total. The van der Waals surface area contributed by atoms with Crippen molar-refractivity contribution in [2.45, 2.75) is 37.8 Å². The summed E-state index contributed by atoms with van der Waals surface area (Å²) in [4.78, 5) is 8.21. The Kier molecular flexibility index (Phi) is 3.64. The highest BCUT2D eigenvalue weighted by molar-refractivity contribution is 5.00. The summed E-state index contributed by atoms with van der Waals surface area (Å²) in [7, 11) is 0. The molecule has 0 saturated carbocycles. The van der Waals surface area contributed by atoms with Gasteiger partial charge < -0.3 is 10.5 Å². The van der Waals surface area contributed by atoms with Crippen LogP contribution in [0.1, 0.15) is 37.4 Å². The molecule has 15 heavy (non-hydrogen) atoms. The van der Waals surface area contributed by atoms with Crippen molar-refractivity contribution < 1.29 is 4.74 Å². The SMILES string of the molecule is NC(CCC1CCCO1)c1cnccn1. The minimum atomic E-state index is -0.0112. The molecule has 1 aromatic heterocycles. The van der Waals surface area contributed by atoms with E-state index in [4.69, 9.17) is 10.5 Å². The van der Waals surface area contributed by atoms with E-state index in [1.165, 1.54) is 12.8 Å². The van der Waals surface area contributed by atoms with Crippen molar-refractivity contribution in [2.24, 2.45) is 5.73 Å². The van der Waals surface area contributed by atoms with Gasteiger partial charge in [-0.05, 0) is 25.7 Å². The second kappa shape index (κ2) is 5.19. The summed E-state index contributed by atoms with van der Waals surface area (Å²) in [6.45, 7) is 0.908. The monoisotopic (exact) mass is 207 g/mol. The topological polar surface area (TPSA) is 61.0 Å². The minimum Gasteiger partial charge on any atom is -0.378 e. The molecule has 2 rings (SSSR count). The maximum absolute atomic E-state index is 6.02. The molecule has 2 unspecified atom stereocenters. The van der Waals surface area contributed by atoms with E-state index < -0.39 is 0 Å². The zero-order valence-corrected chi connectivity index (χ0v) is 8.80. The zero-order chi connectivity index (χ0) is 10.5. The summed E-state index contributed by atoms with van der Waals surface area (Å²) in [6.07, 6.45) is 9.80. The molecule has 4 nitrogen and oxygen atoms in total. The van der Waals surface area contributed by atoms with Crippen LogP contribution in [-0.2, 0) is 4.74 Å². The molecule has 0 aromatic carbocycles. The van der Waals surface area contributed by atoms with Crippen LogP contribution in [0, 0.1) is 0 Å². The van der Waals surface area contributed by atoms with Crippen LogP contribution in [0.3, 0.4) is 0 Å². The van der Waals surface area contributed by atoms with E-state index in [0.29, 0.717) is 6.10 Å². The van der Waals surface area contributed by atoms with Crippen LogP contribution < -0.4 is 5.73 Å². The minimum absolute atomic E-state index is 0.0112. The Hall–Kier alpha value is -1.00. The molecule has 1 fully saturated rings. The first-order valence-corrected chi connectivity index (χ1v) is 5.49. The highest BCUT2D eigenvalue weighted by Crippen LogP contribution is 2.21. The molecule has 2 atom stereocenters. The number of hydrogen-bond donors (Lipinski definition) is 1. The van der Waals surface area contributed by atoms with E-state index in [2.05, 4.69) is 9.97 Å². The van der Waals surface area contributed by atoms with Crippen molar-refractivity contribution in [1.82, 2.24) is 9.97 Å². The quantitative estimate of drug-likeness (QED) is 0.811. The Morgan fingerprint density at radius 1 is 1.53 bits per heavy atom. The summed E-state index contributed by atoms with van der Waals surface area (Å²) in [6, 6.07) is -0.0112. The molecular formula is C11H17N3O. The van der Waals surface area contributed by atoms with E-state index in [0.717, 1.165) is 25.1 Å². The molecule has 1 aliphatic heterocycles. The van der Waals surface area contributed by atoms with Gasteiger partial charge >= 0.3 is 0 Å². The maximum Gasteiger partial charge on any atom is 0.0753 e. The molecule has 1 saturated heterocycles. The lowest BCUT2D eigenvalue weighted by Crippen LogP contribution is -2.15. The van der Waals surface area contributed by atoms with Gasteiger partial charge in [0.1, 0.15) is 0 Å². The molecular weight excluding hydrogens is 190 g/mol. The van der Waals surface area contributed by atoms with Crippen molar-refractivity contribution in [3.8, 4) is 0 Å². The van der Waals surface area contributed by atoms with Crippen LogP contribution in [0.15, 0.2) is 18.6 Å². The Balaban J connectivity index is 1.79. The lowest BCUT2D eigenvalue weighted by Gasteiger charge is -2.13. The standard InChI is InChI=1S/C11H17N3O/c12-10(11-8-13-5-6-14-11)4-3-9-2-1-7-15-9/h5-6,8-10H,1-4,7,12H2. The third kappa shape index (κ3) is 2.97. The highest BCUT2D eigenvalue weighted by Gasteiger charge is 2.17. The summed E-state index contributed by atoms with van der Waals surface area (Å²) >= 11 is 0. The zero-order valence-electron chi connectivity index (χ0n) is 8.80. The third-order valence-corrected chi connectivity index (χ3v) is 2.79. The van der Waals surface area contributed by atoms with Crippen LogP contribution in [0.2, 0.25) is 0 Å². The third-order valence-electron chi connectivity index (χ3n) is 2.79. The largest absolute Gasteiger partial charge is 0.378 e. The van der Waals surface area contributed by atoms with Gasteiger partial charge in [-0.3, -0.25) is 9.97 Å². The van der Waals surface area contributed by atoms with Gasteiger partial charge in [0.15, 0.2) is 0 Å². The second-order valence-corrected chi connectivity index (χ2v) is 3.95.